The van der Waals surface area contributed by atoms with E-state index in [9.17, 15) is 16.8 Å². The van der Waals surface area contributed by atoms with Crippen molar-refractivity contribution in [1.29, 1.82) is 0 Å². The van der Waals surface area contributed by atoms with Crippen LogP contribution in [0.2, 0.25) is 33.2 Å². The molecule has 0 aromatic heterocycles. The van der Waals surface area contributed by atoms with Gasteiger partial charge in [-0.2, -0.15) is 0 Å². The molecule has 0 saturated heterocycles. The zero-order valence-corrected chi connectivity index (χ0v) is 29.5. The highest BCUT2D eigenvalue weighted by atomic mass is 32.2. The minimum atomic E-state index is -3.14. The molecule has 10 heteroatoms. The molecule has 208 valence electrons. The van der Waals surface area contributed by atoms with Gasteiger partial charge in [0.15, 0.2) is 19.7 Å². The second-order valence-electron chi connectivity index (χ2n) is 11.7. The van der Waals surface area contributed by atoms with E-state index in [4.69, 9.17) is 0 Å². The third-order valence-electron chi connectivity index (χ3n) is 8.01. The van der Waals surface area contributed by atoms with Crippen molar-refractivity contribution in [1.82, 2.24) is 0 Å². The molecule has 0 atom stereocenters. The Morgan fingerprint density at radius 2 is 0.722 bits per heavy atom. The molecule has 36 heavy (non-hydrogen) atoms. The van der Waals surface area contributed by atoms with E-state index in [0.717, 1.165) is 9.06 Å². The monoisotopic (exact) mass is 608 g/mol. The SMILES string of the molecule is CC(C)[Si](C1=CS(=O)(=O)C=CS1)(C(C)C)C(C)C.CC(C)[Si](C1=CS(=O)(=O)C=CS1)(C(C)C)C(C)C. The second kappa shape index (κ2) is 12.9. The molecule has 0 spiro atoms. The van der Waals surface area contributed by atoms with Crippen molar-refractivity contribution >= 4 is 59.3 Å². The summed E-state index contributed by atoms with van der Waals surface area (Å²) in [5.74, 6) is 0. The minimum absolute atomic E-state index is 0.540. The van der Waals surface area contributed by atoms with Gasteiger partial charge in [0.2, 0.25) is 0 Å². The van der Waals surface area contributed by atoms with Crippen molar-refractivity contribution in [2.45, 2.75) is 116 Å². The van der Waals surface area contributed by atoms with Gasteiger partial charge in [0.1, 0.15) is 16.1 Å². The average Bonchev–Trinajstić information content (AvgIpc) is 2.66. The molecular formula is C26H48O4S4Si2. The molecule has 0 amide bonds. The molecule has 2 heterocycles. The maximum atomic E-state index is 11.8. The molecule has 2 aliphatic heterocycles. The highest BCUT2D eigenvalue weighted by Crippen LogP contribution is 2.52. The van der Waals surface area contributed by atoms with Gasteiger partial charge in [0.25, 0.3) is 0 Å². The molecule has 0 aromatic rings. The standard InChI is InChI=1S/2C13H24O2S2Si/c2*1-10(2)18(11(3)4,12(5)6)13-9-17(14,15)8-7-16-13/h2*7-12H,1-6H3. The normalized spacial score (nSPS) is 19.7. The van der Waals surface area contributed by atoms with Crippen LogP contribution in [0.15, 0.2) is 41.5 Å². The molecular weight excluding hydrogens is 561 g/mol. The lowest BCUT2D eigenvalue weighted by molar-refractivity contribution is 0.611. The molecule has 0 bridgehead atoms. The minimum Gasteiger partial charge on any atom is -0.220 e. The van der Waals surface area contributed by atoms with Gasteiger partial charge < -0.3 is 0 Å². The molecule has 2 aliphatic rings. The summed E-state index contributed by atoms with van der Waals surface area (Å²) < 4.78 is 49.5. The van der Waals surface area contributed by atoms with Gasteiger partial charge in [-0.05, 0) is 53.1 Å². The van der Waals surface area contributed by atoms with Crippen LogP contribution in [0.1, 0.15) is 83.1 Å². The Morgan fingerprint density at radius 1 is 0.500 bits per heavy atom. The first kappa shape index (κ1) is 34.0. The first-order valence-electron chi connectivity index (χ1n) is 12.9. The fourth-order valence-electron chi connectivity index (χ4n) is 6.90. The van der Waals surface area contributed by atoms with Crippen molar-refractivity contribution in [3.05, 3.63) is 41.5 Å². The molecule has 2 rings (SSSR count). The smallest absolute Gasteiger partial charge is 0.193 e. The topological polar surface area (TPSA) is 68.3 Å². The summed E-state index contributed by atoms with van der Waals surface area (Å²) in [4.78, 5) is 0. The lowest BCUT2D eigenvalue weighted by atomic mass is 10.5. The summed E-state index contributed by atoms with van der Waals surface area (Å²) in [6, 6.07) is 0. The molecule has 0 N–H and O–H groups in total. The number of hydrogen-bond acceptors (Lipinski definition) is 6. The average molecular weight is 609 g/mol. The predicted molar refractivity (Wildman–Crippen MR) is 170 cm³/mol. The highest BCUT2D eigenvalue weighted by molar-refractivity contribution is 8.11. The van der Waals surface area contributed by atoms with Gasteiger partial charge in [-0.15, -0.1) is 23.5 Å². The van der Waals surface area contributed by atoms with Gasteiger partial charge in [-0.1, -0.05) is 83.1 Å². The van der Waals surface area contributed by atoms with E-state index in [1.54, 1.807) is 34.3 Å². The Kier molecular flexibility index (Phi) is 12.2. The highest BCUT2D eigenvalue weighted by Gasteiger charge is 2.48. The van der Waals surface area contributed by atoms with E-state index in [2.05, 4.69) is 83.1 Å². The van der Waals surface area contributed by atoms with Crippen LogP contribution in [0.25, 0.3) is 0 Å². The lowest BCUT2D eigenvalue weighted by Crippen LogP contribution is -2.46. The lowest BCUT2D eigenvalue weighted by Gasteiger charge is -2.44. The zero-order valence-electron chi connectivity index (χ0n) is 24.2. The summed E-state index contributed by atoms with van der Waals surface area (Å²) in [5.41, 5.74) is 3.24. The van der Waals surface area contributed by atoms with E-state index in [0.29, 0.717) is 33.2 Å². The molecule has 0 radical (unpaired) electrons. The van der Waals surface area contributed by atoms with Crippen molar-refractivity contribution in [3.8, 4) is 0 Å². The van der Waals surface area contributed by atoms with Gasteiger partial charge in [-0.3, -0.25) is 0 Å². The summed E-state index contributed by atoms with van der Waals surface area (Å²) in [7, 11) is -9.93. The third kappa shape index (κ3) is 7.14. The zero-order chi connectivity index (χ0) is 28.3. The maximum absolute atomic E-state index is 11.8. The molecule has 4 nitrogen and oxygen atoms in total. The van der Waals surface area contributed by atoms with Crippen LogP contribution in [0, 0.1) is 0 Å². The first-order valence-corrected chi connectivity index (χ1v) is 22.3. The number of sulfone groups is 2. The molecule has 0 aliphatic carbocycles. The van der Waals surface area contributed by atoms with Crippen molar-refractivity contribution in [3.63, 3.8) is 0 Å². The van der Waals surface area contributed by atoms with Gasteiger partial charge >= 0.3 is 0 Å². The van der Waals surface area contributed by atoms with Crippen LogP contribution in [-0.4, -0.2) is 33.0 Å². The maximum Gasteiger partial charge on any atom is 0.193 e. The third-order valence-corrected chi connectivity index (χ3v) is 28.8. The van der Waals surface area contributed by atoms with Gasteiger partial charge in [0, 0.05) is 21.6 Å². The van der Waals surface area contributed by atoms with Crippen molar-refractivity contribution in [2.75, 3.05) is 0 Å². The Bertz CT molecular complexity index is 963. The Hall–Kier alpha value is -0.00623. The van der Waals surface area contributed by atoms with E-state index in [1.807, 2.05) is 0 Å². The Balaban J connectivity index is 0.000000360. The van der Waals surface area contributed by atoms with Crippen LogP contribution in [-0.2, 0) is 19.7 Å². The fraction of sp³-hybridized carbons (Fsp3) is 0.692. The number of hydrogen-bond donors (Lipinski definition) is 0. The van der Waals surface area contributed by atoms with Crippen LogP contribution < -0.4 is 0 Å². The van der Waals surface area contributed by atoms with Crippen LogP contribution in [0.4, 0.5) is 0 Å². The molecule has 0 fully saturated rings. The number of rotatable bonds is 8. The summed E-state index contributed by atoms with van der Waals surface area (Å²) >= 11 is 3.24. The largest absolute Gasteiger partial charge is 0.220 e. The van der Waals surface area contributed by atoms with Crippen LogP contribution >= 0.6 is 23.5 Å². The molecule has 0 aromatic carbocycles. The van der Waals surface area contributed by atoms with E-state index >= 15 is 0 Å². The van der Waals surface area contributed by atoms with Crippen molar-refractivity contribution in [2.24, 2.45) is 0 Å². The second-order valence-corrected chi connectivity index (χ2v) is 29.4. The fourth-order valence-corrected chi connectivity index (χ4v) is 31.2. The Labute approximate surface area is 232 Å². The van der Waals surface area contributed by atoms with Gasteiger partial charge in [-0.25, -0.2) is 16.8 Å². The first-order chi connectivity index (χ1) is 16.3. The van der Waals surface area contributed by atoms with Crippen molar-refractivity contribution < 1.29 is 16.8 Å². The predicted octanol–water partition coefficient (Wildman–Crippen LogP) is 9.36. The summed E-state index contributed by atoms with van der Waals surface area (Å²) in [5, 5.41) is 9.15. The van der Waals surface area contributed by atoms with E-state index in [-0.39, 0.29) is 0 Å². The van der Waals surface area contributed by atoms with E-state index < -0.39 is 35.8 Å². The molecule has 0 saturated carbocycles. The number of thioether (sulfide) groups is 2. The summed E-state index contributed by atoms with van der Waals surface area (Å²) in [6.07, 6.45) is 0. The van der Waals surface area contributed by atoms with Crippen LogP contribution in [0.5, 0.6) is 0 Å². The van der Waals surface area contributed by atoms with Gasteiger partial charge in [0.05, 0.1) is 0 Å². The van der Waals surface area contributed by atoms with Crippen LogP contribution in [0.3, 0.4) is 0 Å². The quantitative estimate of drug-likeness (QED) is 0.256. The molecule has 0 unspecified atom stereocenters. The Morgan fingerprint density at radius 3 is 0.889 bits per heavy atom. The summed E-state index contributed by atoms with van der Waals surface area (Å²) in [6.45, 7) is 27.0. The van der Waals surface area contributed by atoms with E-state index in [1.165, 1.54) is 21.6 Å².